The molecule has 2 aliphatic heterocycles. The van der Waals surface area contributed by atoms with E-state index in [0.717, 1.165) is 6.42 Å². The molecule has 2 amide bonds. The van der Waals surface area contributed by atoms with Crippen LogP contribution in [0.4, 0.5) is 4.79 Å². The van der Waals surface area contributed by atoms with Gasteiger partial charge in [0, 0.05) is 5.25 Å². The molecule has 2 heterocycles. The molecule has 0 aliphatic carbocycles. The largest absolute Gasteiger partial charge is 0.331 e. The SMILES string of the molecule is C=C(C)CCCCC1SC2NC(=O)NC12. The highest BCUT2D eigenvalue weighted by molar-refractivity contribution is 8.02. The summed E-state index contributed by atoms with van der Waals surface area (Å²) in [5.41, 5.74) is 1.27. The van der Waals surface area contributed by atoms with E-state index in [4.69, 9.17) is 0 Å². The Balaban J connectivity index is 1.62. The summed E-state index contributed by atoms with van der Waals surface area (Å²) >= 11 is 1.89. The fourth-order valence-electron chi connectivity index (χ4n) is 2.10. The zero-order valence-electron chi connectivity index (χ0n) is 9.08. The topological polar surface area (TPSA) is 41.1 Å². The van der Waals surface area contributed by atoms with E-state index in [0.29, 0.717) is 16.7 Å². The summed E-state index contributed by atoms with van der Waals surface area (Å²) in [6, 6.07) is 0.384. The third-order valence-corrected chi connectivity index (χ3v) is 4.54. The molecule has 3 unspecified atom stereocenters. The Hall–Kier alpha value is -0.640. The minimum absolute atomic E-state index is 0.00179. The first kappa shape index (κ1) is 10.9. The number of hydrogen-bond donors (Lipinski definition) is 2. The van der Waals surface area contributed by atoms with Gasteiger partial charge in [-0.3, -0.25) is 0 Å². The highest BCUT2D eigenvalue weighted by Crippen LogP contribution is 2.40. The lowest BCUT2D eigenvalue weighted by Crippen LogP contribution is -2.50. The molecule has 84 valence electrons. The van der Waals surface area contributed by atoms with E-state index >= 15 is 0 Å². The lowest BCUT2D eigenvalue weighted by atomic mass is 10.0. The summed E-state index contributed by atoms with van der Waals surface area (Å²) in [5, 5.41) is 6.82. The van der Waals surface area contributed by atoms with Crippen molar-refractivity contribution < 1.29 is 4.79 Å². The molecule has 4 heteroatoms. The van der Waals surface area contributed by atoms with Gasteiger partial charge in [-0.1, -0.05) is 12.0 Å². The average Bonchev–Trinajstić information content (AvgIpc) is 2.43. The third-order valence-electron chi connectivity index (χ3n) is 2.96. The molecule has 0 spiro atoms. The predicted octanol–water partition coefficient (Wildman–Crippen LogP) is 2.25. The molecule has 0 aromatic heterocycles. The van der Waals surface area contributed by atoms with Crippen molar-refractivity contribution in [1.29, 1.82) is 0 Å². The summed E-state index contributed by atoms with van der Waals surface area (Å²) < 4.78 is 0. The second-order valence-corrected chi connectivity index (χ2v) is 5.83. The Kier molecular flexibility index (Phi) is 3.24. The van der Waals surface area contributed by atoms with E-state index in [1.165, 1.54) is 24.8 Å². The Morgan fingerprint density at radius 3 is 2.93 bits per heavy atom. The quantitative estimate of drug-likeness (QED) is 0.557. The van der Waals surface area contributed by atoms with Gasteiger partial charge in [-0.25, -0.2) is 4.79 Å². The molecule has 2 N–H and O–H groups in total. The summed E-state index contributed by atoms with van der Waals surface area (Å²) in [7, 11) is 0. The van der Waals surface area contributed by atoms with Crippen molar-refractivity contribution in [3.05, 3.63) is 12.2 Å². The Labute approximate surface area is 95.1 Å². The molecule has 3 nitrogen and oxygen atoms in total. The number of rotatable bonds is 5. The maximum atomic E-state index is 11.0. The Morgan fingerprint density at radius 2 is 2.27 bits per heavy atom. The minimum atomic E-state index is 0.00179. The van der Waals surface area contributed by atoms with Crippen molar-refractivity contribution >= 4 is 17.8 Å². The van der Waals surface area contributed by atoms with Crippen molar-refractivity contribution in [1.82, 2.24) is 10.6 Å². The van der Waals surface area contributed by atoms with Gasteiger partial charge in [0.2, 0.25) is 0 Å². The number of urea groups is 1. The molecule has 0 saturated carbocycles. The van der Waals surface area contributed by atoms with Gasteiger partial charge < -0.3 is 10.6 Å². The zero-order valence-corrected chi connectivity index (χ0v) is 9.90. The number of thioether (sulfide) groups is 1. The second-order valence-electron chi connectivity index (χ2n) is 4.44. The van der Waals surface area contributed by atoms with E-state index in [1.807, 2.05) is 11.8 Å². The van der Waals surface area contributed by atoms with Crippen LogP contribution in [0.1, 0.15) is 32.6 Å². The molecule has 2 rings (SSSR count). The first-order chi connectivity index (χ1) is 7.16. The first-order valence-electron chi connectivity index (χ1n) is 5.53. The van der Waals surface area contributed by atoms with Crippen LogP contribution in [0.25, 0.3) is 0 Å². The van der Waals surface area contributed by atoms with E-state index < -0.39 is 0 Å². The van der Waals surface area contributed by atoms with Crippen LogP contribution in [0.5, 0.6) is 0 Å². The number of unbranched alkanes of at least 4 members (excludes halogenated alkanes) is 1. The van der Waals surface area contributed by atoms with Crippen LogP contribution in [0.3, 0.4) is 0 Å². The van der Waals surface area contributed by atoms with E-state index in [-0.39, 0.29) is 6.03 Å². The monoisotopic (exact) mass is 226 g/mol. The minimum Gasteiger partial charge on any atom is -0.331 e. The molecule has 2 saturated heterocycles. The number of carbonyl (C=O) groups excluding carboxylic acids is 1. The number of amides is 2. The smallest absolute Gasteiger partial charge is 0.316 e. The first-order valence-corrected chi connectivity index (χ1v) is 6.48. The molecule has 2 aliphatic rings. The van der Waals surface area contributed by atoms with Gasteiger partial charge in [0.25, 0.3) is 0 Å². The van der Waals surface area contributed by atoms with Crippen LogP contribution in [-0.4, -0.2) is 22.7 Å². The molecular formula is C11H18N2OS. The van der Waals surface area contributed by atoms with Crippen molar-refractivity contribution in [2.24, 2.45) is 0 Å². The van der Waals surface area contributed by atoms with E-state index in [2.05, 4.69) is 24.1 Å². The van der Waals surface area contributed by atoms with Crippen LogP contribution >= 0.6 is 11.8 Å². The molecule has 0 aromatic carbocycles. The summed E-state index contributed by atoms with van der Waals surface area (Å²) in [6.07, 6.45) is 4.81. The molecule has 3 atom stereocenters. The standard InChI is InChI=1S/C11H18N2OS/c1-7(2)5-3-4-6-8-9-10(15-8)13-11(14)12-9/h8-10H,1,3-6H2,2H3,(H2,12,13,14). The average molecular weight is 226 g/mol. The van der Waals surface area contributed by atoms with Crippen LogP contribution in [0.15, 0.2) is 12.2 Å². The normalized spacial score (nSPS) is 32.6. The fraction of sp³-hybridized carbons (Fsp3) is 0.727. The number of fused-ring (bicyclic) bond motifs is 1. The number of hydrogen-bond acceptors (Lipinski definition) is 2. The van der Waals surface area contributed by atoms with Gasteiger partial charge in [0.05, 0.1) is 11.4 Å². The molecular weight excluding hydrogens is 208 g/mol. The van der Waals surface area contributed by atoms with Crippen molar-refractivity contribution in [2.45, 2.75) is 49.3 Å². The van der Waals surface area contributed by atoms with Gasteiger partial charge >= 0.3 is 6.03 Å². The lowest BCUT2D eigenvalue weighted by Gasteiger charge is -2.37. The second kappa shape index (κ2) is 4.47. The van der Waals surface area contributed by atoms with Gasteiger partial charge in [-0.2, -0.15) is 0 Å². The summed E-state index contributed by atoms with van der Waals surface area (Å²) in [4.78, 5) is 11.0. The van der Waals surface area contributed by atoms with Crippen LogP contribution in [0.2, 0.25) is 0 Å². The molecule has 15 heavy (non-hydrogen) atoms. The zero-order chi connectivity index (χ0) is 10.8. The molecule has 2 fully saturated rings. The van der Waals surface area contributed by atoms with Gasteiger partial charge in [-0.15, -0.1) is 18.3 Å². The lowest BCUT2D eigenvalue weighted by molar-refractivity contribution is 0.247. The van der Waals surface area contributed by atoms with Gasteiger partial charge in [0.15, 0.2) is 0 Å². The van der Waals surface area contributed by atoms with E-state index in [9.17, 15) is 4.79 Å². The summed E-state index contributed by atoms with van der Waals surface area (Å²) in [5.74, 6) is 0. The number of carbonyl (C=O) groups is 1. The highest BCUT2D eigenvalue weighted by atomic mass is 32.2. The molecule has 0 bridgehead atoms. The van der Waals surface area contributed by atoms with Crippen molar-refractivity contribution in [3.8, 4) is 0 Å². The van der Waals surface area contributed by atoms with Gasteiger partial charge in [-0.05, 0) is 26.2 Å². The van der Waals surface area contributed by atoms with Crippen molar-refractivity contribution in [2.75, 3.05) is 0 Å². The van der Waals surface area contributed by atoms with Crippen molar-refractivity contribution in [3.63, 3.8) is 0 Å². The maximum Gasteiger partial charge on any atom is 0.316 e. The number of nitrogens with one attached hydrogen (secondary N) is 2. The summed E-state index contributed by atoms with van der Waals surface area (Å²) in [6.45, 7) is 5.98. The Morgan fingerprint density at radius 1 is 1.47 bits per heavy atom. The fourth-order valence-corrected chi connectivity index (χ4v) is 3.50. The Bertz CT molecular complexity index is 280. The third kappa shape index (κ3) is 2.48. The van der Waals surface area contributed by atoms with E-state index in [1.54, 1.807) is 0 Å². The van der Waals surface area contributed by atoms with Crippen LogP contribution in [0, 0.1) is 0 Å². The maximum absolute atomic E-state index is 11.0. The predicted molar refractivity (Wildman–Crippen MR) is 63.9 cm³/mol. The van der Waals surface area contributed by atoms with Crippen LogP contribution < -0.4 is 10.6 Å². The molecule has 0 aromatic rings. The number of allylic oxidation sites excluding steroid dienone is 1. The molecule has 0 radical (unpaired) electrons. The highest BCUT2D eigenvalue weighted by Gasteiger charge is 2.47. The van der Waals surface area contributed by atoms with Gasteiger partial charge in [0.1, 0.15) is 0 Å². The van der Waals surface area contributed by atoms with Crippen LogP contribution in [-0.2, 0) is 0 Å².